The maximum absolute atomic E-state index is 13.0. The van der Waals surface area contributed by atoms with Gasteiger partial charge in [0.25, 0.3) is 0 Å². The fraction of sp³-hybridized carbons (Fsp3) is 0.318. The molecule has 32 heavy (non-hydrogen) atoms. The molecule has 0 saturated carbocycles. The van der Waals surface area contributed by atoms with Gasteiger partial charge in [-0.15, -0.1) is 0 Å². The third-order valence-corrected chi connectivity index (χ3v) is 7.83. The highest BCUT2D eigenvalue weighted by atomic mass is 32.2. The van der Waals surface area contributed by atoms with Gasteiger partial charge in [0.1, 0.15) is 11.6 Å². The number of nitrogen functional groups attached to an aromatic ring is 1. The van der Waals surface area contributed by atoms with E-state index >= 15 is 0 Å². The van der Waals surface area contributed by atoms with Crippen molar-refractivity contribution >= 4 is 38.2 Å². The Morgan fingerprint density at radius 3 is 2.62 bits per heavy atom. The van der Waals surface area contributed by atoms with E-state index in [1.807, 2.05) is 18.2 Å². The van der Waals surface area contributed by atoms with Crippen molar-refractivity contribution in [3.8, 4) is 0 Å². The first-order valence-corrected chi connectivity index (χ1v) is 12.0. The molecule has 5 rings (SSSR count). The Hall–Kier alpha value is -3.08. The Kier molecular flexibility index (Phi) is 5.28. The van der Waals surface area contributed by atoms with E-state index in [-0.39, 0.29) is 17.2 Å². The Balaban J connectivity index is 1.33. The van der Waals surface area contributed by atoms with Gasteiger partial charge in [0.05, 0.1) is 28.9 Å². The molecule has 2 aromatic carbocycles. The molecule has 2 aliphatic heterocycles. The maximum Gasteiger partial charge on any atom is 0.243 e. The second-order valence-corrected chi connectivity index (χ2v) is 10.0. The molecule has 0 aliphatic carbocycles. The van der Waals surface area contributed by atoms with Crippen molar-refractivity contribution in [3.05, 3.63) is 53.9 Å². The SMILES string of the molecule is Nc1ccc(S(=O)(=O)N2CCCN(Cc3nc4c5c(cccc5n3)C(=O)CN4)CC2)cc1. The third kappa shape index (κ3) is 3.81. The molecule has 3 N–H and O–H groups in total. The van der Waals surface area contributed by atoms with Crippen molar-refractivity contribution in [1.82, 2.24) is 19.2 Å². The highest BCUT2D eigenvalue weighted by Crippen LogP contribution is 2.28. The number of rotatable bonds is 4. The third-order valence-electron chi connectivity index (χ3n) is 5.92. The van der Waals surface area contributed by atoms with E-state index in [9.17, 15) is 13.2 Å². The van der Waals surface area contributed by atoms with Crippen LogP contribution >= 0.6 is 0 Å². The minimum absolute atomic E-state index is 0.0365. The second kappa shape index (κ2) is 8.12. The molecular formula is C22H24N6O3S. The fourth-order valence-electron chi connectivity index (χ4n) is 4.26. The molecule has 0 bridgehead atoms. The fourth-order valence-corrected chi connectivity index (χ4v) is 5.73. The second-order valence-electron chi connectivity index (χ2n) is 8.07. The molecule has 1 aromatic heterocycles. The molecule has 0 unspecified atom stereocenters. The van der Waals surface area contributed by atoms with Crippen molar-refractivity contribution < 1.29 is 13.2 Å². The Labute approximate surface area is 186 Å². The molecule has 9 nitrogen and oxygen atoms in total. The Morgan fingerprint density at radius 2 is 1.81 bits per heavy atom. The van der Waals surface area contributed by atoms with Gasteiger partial charge in [-0.3, -0.25) is 9.69 Å². The summed E-state index contributed by atoms with van der Waals surface area (Å²) >= 11 is 0. The van der Waals surface area contributed by atoms with Crippen LogP contribution in [0.25, 0.3) is 10.9 Å². The summed E-state index contributed by atoms with van der Waals surface area (Å²) in [5, 5.41) is 3.87. The number of hydrogen-bond donors (Lipinski definition) is 2. The number of anilines is 2. The minimum Gasteiger partial charge on any atom is -0.399 e. The van der Waals surface area contributed by atoms with Crippen LogP contribution in [-0.4, -0.2) is 66.1 Å². The van der Waals surface area contributed by atoms with E-state index < -0.39 is 10.0 Å². The van der Waals surface area contributed by atoms with Crippen LogP contribution in [0.5, 0.6) is 0 Å². The number of benzene rings is 2. The Morgan fingerprint density at radius 1 is 1.00 bits per heavy atom. The quantitative estimate of drug-likeness (QED) is 0.574. The van der Waals surface area contributed by atoms with Gasteiger partial charge in [-0.2, -0.15) is 4.31 Å². The lowest BCUT2D eigenvalue weighted by molar-refractivity contribution is 0.101. The number of nitrogens with two attached hydrogens (primary N) is 1. The zero-order valence-electron chi connectivity index (χ0n) is 17.5. The van der Waals surface area contributed by atoms with Crippen molar-refractivity contribution in [1.29, 1.82) is 0 Å². The highest BCUT2D eigenvalue weighted by molar-refractivity contribution is 7.89. The van der Waals surface area contributed by atoms with Crippen LogP contribution in [0.1, 0.15) is 22.6 Å². The van der Waals surface area contributed by atoms with E-state index in [0.717, 1.165) is 17.4 Å². The summed E-state index contributed by atoms with van der Waals surface area (Å²) in [5.74, 6) is 1.37. The summed E-state index contributed by atoms with van der Waals surface area (Å²) in [7, 11) is -3.56. The summed E-state index contributed by atoms with van der Waals surface area (Å²) in [6.45, 7) is 2.92. The van der Waals surface area contributed by atoms with E-state index in [2.05, 4.69) is 20.2 Å². The van der Waals surface area contributed by atoms with Crippen LogP contribution in [0.15, 0.2) is 47.4 Å². The zero-order valence-corrected chi connectivity index (χ0v) is 18.3. The number of aromatic nitrogens is 2. The van der Waals surface area contributed by atoms with Crippen molar-refractivity contribution in [2.45, 2.75) is 17.9 Å². The molecule has 0 radical (unpaired) electrons. The number of Topliss-reactive ketones (excluding diaryl/α,β-unsaturated/α-hetero) is 1. The Bertz CT molecular complexity index is 1290. The van der Waals surface area contributed by atoms with Crippen LogP contribution in [0.3, 0.4) is 0 Å². The average molecular weight is 453 g/mol. The van der Waals surface area contributed by atoms with Gasteiger partial charge in [-0.05, 0) is 43.3 Å². The smallest absolute Gasteiger partial charge is 0.243 e. The molecule has 0 amide bonds. The maximum atomic E-state index is 13.0. The van der Waals surface area contributed by atoms with Gasteiger partial charge in [0.15, 0.2) is 5.78 Å². The number of carbonyl (C=O) groups is 1. The highest BCUT2D eigenvalue weighted by Gasteiger charge is 2.27. The lowest BCUT2D eigenvalue weighted by Gasteiger charge is -2.22. The van der Waals surface area contributed by atoms with Gasteiger partial charge < -0.3 is 11.1 Å². The van der Waals surface area contributed by atoms with Crippen LogP contribution in [0.4, 0.5) is 11.5 Å². The first-order valence-electron chi connectivity index (χ1n) is 10.6. The van der Waals surface area contributed by atoms with Gasteiger partial charge in [0, 0.05) is 30.9 Å². The number of nitrogens with one attached hydrogen (secondary N) is 1. The minimum atomic E-state index is -3.56. The van der Waals surface area contributed by atoms with Crippen LogP contribution < -0.4 is 11.1 Å². The standard InChI is InChI=1S/C22H24N6O3S/c23-15-5-7-16(8-6-15)32(30,31)28-10-2-9-27(11-12-28)14-20-25-18-4-1-3-17-19(29)13-24-22(26-20)21(17)18/h1,3-8H,2,9-14,23H2,(H,24,25,26). The summed E-state index contributed by atoms with van der Waals surface area (Å²) < 4.78 is 27.6. The molecule has 0 spiro atoms. The predicted octanol–water partition coefficient (Wildman–Crippen LogP) is 1.72. The monoisotopic (exact) mass is 452 g/mol. The van der Waals surface area contributed by atoms with Gasteiger partial charge in [0.2, 0.25) is 10.0 Å². The lowest BCUT2D eigenvalue weighted by Crippen LogP contribution is -2.35. The van der Waals surface area contributed by atoms with E-state index in [1.165, 1.54) is 4.31 Å². The molecule has 3 aromatic rings. The molecule has 2 aliphatic rings. The molecule has 166 valence electrons. The predicted molar refractivity (Wildman–Crippen MR) is 122 cm³/mol. The molecule has 0 atom stereocenters. The largest absolute Gasteiger partial charge is 0.399 e. The van der Waals surface area contributed by atoms with E-state index in [4.69, 9.17) is 5.73 Å². The number of carbonyl (C=O) groups excluding carboxylic acids is 1. The van der Waals surface area contributed by atoms with Crippen molar-refractivity contribution in [3.63, 3.8) is 0 Å². The summed E-state index contributed by atoms with van der Waals surface area (Å²) in [5.41, 5.74) is 7.62. The molecule has 1 fully saturated rings. The van der Waals surface area contributed by atoms with Crippen LogP contribution in [-0.2, 0) is 16.6 Å². The number of nitrogens with zero attached hydrogens (tertiary/aromatic N) is 4. The normalized spacial score (nSPS) is 17.8. The molecular weight excluding hydrogens is 428 g/mol. The van der Waals surface area contributed by atoms with Crippen LogP contribution in [0.2, 0.25) is 0 Å². The summed E-state index contributed by atoms with van der Waals surface area (Å²) in [4.78, 5) is 23.9. The summed E-state index contributed by atoms with van der Waals surface area (Å²) in [6.07, 6.45) is 0.714. The van der Waals surface area contributed by atoms with E-state index in [0.29, 0.717) is 55.5 Å². The number of ketones is 1. The molecule has 3 heterocycles. The zero-order chi connectivity index (χ0) is 22.3. The van der Waals surface area contributed by atoms with E-state index in [1.54, 1.807) is 24.3 Å². The van der Waals surface area contributed by atoms with Crippen molar-refractivity contribution in [2.24, 2.45) is 0 Å². The topological polar surface area (TPSA) is 122 Å². The van der Waals surface area contributed by atoms with Gasteiger partial charge >= 0.3 is 0 Å². The summed E-state index contributed by atoms with van der Waals surface area (Å²) in [6, 6.07) is 11.8. The van der Waals surface area contributed by atoms with Crippen LogP contribution in [0, 0.1) is 0 Å². The van der Waals surface area contributed by atoms with Gasteiger partial charge in [-0.25, -0.2) is 18.4 Å². The lowest BCUT2D eigenvalue weighted by atomic mass is 10.0. The van der Waals surface area contributed by atoms with Crippen molar-refractivity contribution in [2.75, 3.05) is 43.8 Å². The molecule has 10 heteroatoms. The molecule has 1 saturated heterocycles. The van der Waals surface area contributed by atoms with Gasteiger partial charge in [-0.1, -0.05) is 12.1 Å². The average Bonchev–Trinajstić information content (AvgIpc) is 3.02. The first-order chi connectivity index (χ1) is 15.4. The number of sulfonamides is 1. The number of hydrogen-bond acceptors (Lipinski definition) is 8. The first kappa shape index (κ1) is 20.8.